The molecule has 0 aliphatic carbocycles. The number of nitrogens with one attached hydrogen (secondary N) is 1. The Labute approximate surface area is 89.5 Å². The van der Waals surface area contributed by atoms with Gasteiger partial charge in [0.1, 0.15) is 0 Å². The van der Waals surface area contributed by atoms with Crippen LogP contribution in [0.15, 0.2) is 10.9 Å². The van der Waals surface area contributed by atoms with Gasteiger partial charge in [0.05, 0.1) is 11.2 Å². The summed E-state index contributed by atoms with van der Waals surface area (Å²) in [5.74, 6) is 0. The van der Waals surface area contributed by atoms with Crippen LogP contribution >= 0.6 is 11.3 Å². The third-order valence-electron chi connectivity index (χ3n) is 2.12. The molecule has 1 aromatic heterocycles. The Kier molecular flexibility index (Phi) is 5.75. The van der Waals surface area contributed by atoms with Crippen LogP contribution in [0.4, 0.5) is 0 Å². The molecule has 0 amide bonds. The highest BCUT2D eigenvalue weighted by Crippen LogP contribution is 2.11. The van der Waals surface area contributed by atoms with Crippen molar-refractivity contribution in [2.24, 2.45) is 0 Å². The van der Waals surface area contributed by atoms with E-state index in [1.807, 2.05) is 5.51 Å². The minimum absolute atomic E-state index is 0.365. The summed E-state index contributed by atoms with van der Waals surface area (Å²) in [6.07, 6.45) is 2.27. The van der Waals surface area contributed by atoms with Gasteiger partial charge >= 0.3 is 0 Å². The fourth-order valence-electron chi connectivity index (χ4n) is 1.23. The van der Waals surface area contributed by atoms with E-state index in [0.717, 1.165) is 31.7 Å². The van der Waals surface area contributed by atoms with Gasteiger partial charge in [-0.05, 0) is 26.3 Å². The second-order valence-electron chi connectivity index (χ2n) is 3.29. The van der Waals surface area contributed by atoms with Crippen molar-refractivity contribution in [1.29, 1.82) is 0 Å². The number of hydrogen-bond acceptors (Lipinski definition) is 4. The zero-order valence-electron chi connectivity index (χ0n) is 8.82. The molecule has 0 saturated heterocycles. The van der Waals surface area contributed by atoms with Crippen LogP contribution in [0.2, 0.25) is 0 Å². The molecule has 0 aliphatic rings. The minimum Gasteiger partial charge on any atom is -0.385 e. The van der Waals surface area contributed by atoms with Gasteiger partial charge < -0.3 is 10.1 Å². The first-order valence-electron chi connectivity index (χ1n) is 4.95. The van der Waals surface area contributed by atoms with Crippen molar-refractivity contribution in [3.8, 4) is 0 Å². The number of rotatable bonds is 7. The van der Waals surface area contributed by atoms with Crippen LogP contribution in [0.3, 0.4) is 0 Å². The summed E-state index contributed by atoms with van der Waals surface area (Å²) in [5, 5.41) is 5.52. The Morgan fingerprint density at radius 1 is 1.57 bits per heavy atom. The SMILES string of the molecule is COCCCCNC(C)c1cscn1. The number of unbranched alkanes of at least 4 members (excludes halogenated alkanes) is 1. The zero-order valence-corrected chi connectivity index (χ0v) is 9.64. The van der Waals surface area contributed by atoms with Gasteiger partial charge in [-0.1, -0.05) is 0 Å². The first kappa shape index (κ1) is 11.6. The molecule has 0 spiro atoms. The van der Waals surface area contributed by atoms with Crippen LogP contribution in [0, 0.1) is 0 Å². The number of nitrogens with zero attached hydrogens (tertiary/aromatic N) is 1. The quantitative estimate of drug-likeness (QED) is 0.707. The highest BCUT2D eigenvalue weighted by atomic mass is 32.1. The molecule has 1 rings (SSSR count). The molecule has 1 aromatic rings. The second-order valence-corrected chi connectivity index (χ2v) is 4.01. The minimum atomic E-state index is 0.365. The summed E-state index contributed by atoms with van der Waals surface area (Å²) in [5.41, 5.74) is 3.01. The molecular weight excluding hydrogens is 196 g/mol. The van der Waals surface area contributed by atoms with Crippen molar-refractivity contribution in [3.05, 3.63) is 16.6 Å². The molecule has 14 heavy (non-hydrogen) atoms. The summed E-state index contributed by atoms with van der Waals surface area (Å²) in [6.45, 7) is 4.03. The lowest BCUT2D eigenvalue weighted by atomic mass is 10.2. The normalized spacial score (nSPS) is 13.0. The summed E-state index contributed by atoms with van der Waals surface area (Å²) < 4.78 is 4.98. The summed E-state index contributed by atoms with van der Waals surface area (Å²) in [4.78, 5) is 4.26. The van der Waals surface area contributed by atoms with E-state index in [4.69, 9.17) is 4.74 Å². The Balaban J connectivity index is 2.07. The first-order valence-corrected chi connectivity index (χ1v) is 5.89. The predicted molar refractivity (Wildman–Crippen MR) is 59.6 cm³/mol. The molecule has 1 atom stereocenters. The Morgan fingerprint density at radius 2 is 2.43 bits per heavy atom. The molecule has 1 heterocycles. The van der Waals surface area contributed by atoms with Crippen molar-refractivity contribution < 1.29 is 4.74 Å². The summed E-state index contributed by atoms with van der Waals surface area (Å²) >= 11 is 1.64. The number of methoxy groups -OCH3 is 1. The molecule has 1 unspecified atom stereocenters. The number of thiazole rings is 1. The smallest absolute Gasteiger partial charge is 0.0795 e. The molecule has 0 fully saturated rings. The Bertz CT molecular complexity index is 226. The van der Waals surface area contributed by atoms with Crippen molar-refractivity contribution in [2.45, 2.75) is 25.8 Å². The van der Waals surface area contributed by atoms with Crippen molar-refractivity contribution in [2.75, 3.05) is 20.3 Å². The fraction of sp³-hybridized carbons (Fsp3) is 0.700. The molecule has 0 saturated carbocycles. The van der Waals surface area contributed by atoms with Crippen LogP contribution in [-0.2, 0) is 4.74 Å². The van der Waals surface area contributed by atoms with Crippen molar-refractivity contribution in [1.82, 2.24) is 10.3 Å². The van der Waals surface area contributed by atoms with E-state index in [2.05, 4.69) is 22.6 Å². The molecule has 80 valence electrons. The average molecular weight is 214 g/mol. The monoisotopic (exact) mass is 214 g/mol. The highest BCUT2D eigenvalue weighted by molar-refractivity contribution is 7.07. The van der Waals surface area contributed by atoms with Crippen LogP contribution in [0.1, 0.15) is 31.5 Å². The van der Waals surface area contributed by atoms with Gasteiger partial charge in [0.2, 0.25) is 0 Å². The fourth-order valence-corrected chi connectivity index (χ4v) is 1.88. The topological polar surface area (TPSA) is 34.1 Å². The Morgan fingerprint density at radius 3 is 3.07 bits per heavy atom. The number of hydrogen-bond donors (Lipinski definition) is 1. The second kappa shape index (κ2) is 6.92. The highest BCUT2D eigenvalue weighted by Gasteiger charge is 2.04. The maximum Gasteiger partial charge on any atom is 0.0795 e. The largest absolute Gasteiger partial charge is 0.385 e. The molecule has 3 nitrogen and oxygen atoms in total. The first-order chi connectivity index (χ1) is 6.84. The van der Waals surface area contributed by atoms with Gasteiger partial charge in [0.25, 0.3) is 0 Å². The van der Waals surface area contributed by atoms with Gasteiger partial charge in [-0.3, -0.25) is 0 Å². The van der Waals surface area contributed by atoms with E-state index < -0.39 is 0 Å². The summed E-state index contributed by atoms with van der Waals surface area (Å²) in [7, 11) is 1.74. The maximum absolute atomic E-state index is 4.98. The van der Waals surface area contributed by atoms with E-state index >= 15 is 0 Å². The molecule has 0 bridgehead atoms. The zero-order chi connectivity index (χ0) is 10.2. The predicted octanol–water partition coefficient (Wildman–Crippen LogP) is 2.22. The number of ether oxygens (including phenoxy) is 1. The van der Waals surface area contributed by atoms with Crippen molar-refractivity contribution >= 4 is 11.3 Å². The lowest BCUT2D eigenvalue weighted by Crippen LogP contribution is -2.20. The van der Waals surface area contributed by atoms with Gasteiger partial charge in [-0.25, -0.2) is 4.98 Å². The molecular formula is C10H18N2OS. The van der Waals surface area contributed by atoms with E-state index in [9.17, 15) is 0 Å². The van der Waals surface area contributed by atoms with Crippen LogP contribution < -0.4 is 5.32 Å². The van der Waals surface area contributed by atoms with E-state index in [1.54, 1.807) is 18.4 Å². The maximum atomic E-state index is 4.98. The van der Waals surface area contributed by atoms with Crippen LogP contribution in [0.25, 0.3) is 0 Å². The van der Waals surface area contributed by atoms with E-state index in [1.165, 1.54) is 0 Å². The lowest BCUT2D eigenvalue weighted by Gasteiger charge is -2.10. The van der Waals surface area contributed by atoms with Crippen LogP contribution in [-0.4, -0.2) is 25.2 Å². The number of aromatic nitrogens is 1. The third-order valence-corrected chi connectivity index (χ3v) is 2.73. The lowest BCUT2D eigenvalue weighted by molar-refractivity contribution is 0.192. The summed E-state index contributed by atoms with van der Waals surface area (Å²) in [6, 6.07) is 0.365. The van der Waals surface area contributed by atoms with Gasteiger partial charge in [-0.15, -0.1) is 11.3 Å². The van der Waals surface area contributed by atoms with Gasteiger partial charge in [0, 0.05) is 25.1 Å². The van der Waals surface area contributed by atoms with Crippen molar-refractivity contribution in [3.63, 3.8) is 0 Å². The van der Waals surface area contributed by atoms with E-state index in [0.29, 0.717) is 6.04 Å². The third kappa shape index (κ3) is 4.17. The Hall–Kier alpha value is -0.450. The molecule has 0 aliphatic heterocycles. The van der Waals surface area contributed by atoms with Gasteiger partial charge in [0.15, 0.2) is 0 Å². The molecule has 1 N–H and O–H groups in total. The molecule has 0 radical (unpaired) electrons. The van der Waals surface area contributed by atoms with Crippen LogP contribution in [0.5, 0.6) is 0 Å². The van der Waals surface area contributed by atoms with Gasteiger partial charge in [-0.2, -0.15) is 0 Å². The standard InChI is InChI=1S/C10H18N2OS/c1-9(10-7-14-8-12-10)11-5-3-4-6-13-2/h7-9,11H,3-6H2,1-2H3. The molecule has 4 heteroatoms. The average Bonchev–Trinajstić information content (AvgIpc) is 2.70. The molecule has 0 aromatic carbocycles. The van der Waals surface area contributed by atoms with E-state index in [-0.39, 0.29) is 0 Å².